The molecular formula is C19H23N7O2. The number of aromatic nitrogens is 3. The van der Waals surface area contributed by atoms with Crippen LogP contribution in [0.25, 0.3) is 11.4 Å². The molecule has 0 unspecified atom stereocenters. The molecule has 0 radical (unpaired) electrons. The summed E-state index contributed by atoms with van der Waals surface area (Å²) < 4.78 is 0. The van der Waals surface area contributed by atoms with Crippen molar-refractivity contribution in [3.05, 3.63) is 42.2 Å². The van der Waals surface area contributed by atoms with Gasteiger partial charge in [0.05, 0.1) is 29.0 Å². The Morgan fingerprint density at radius 1 is 1.39 bits per heavy atom. The molecule has 146 valence electrons. The average Bonchev–Trinajstić information content (AvgIpc) is 3.26. The van der Waals surface area contributed by atoms with Gasteiger partial charge in [-0.15, -0.1) is 0 Å². The SMILES string of the molecule is C=CC(=O)N[C@@H]1CN(C)C[C@@H]1Nc1nccc(-c2cc3c([nH]2)CCNC3=O)n1. The molecule has 0 bridgehead atoms. The molecule has 1 saturated heterocycles. The number of hydrogen-bond donors (Lipinski definition) is 4. The number of amides is 2. The maximum Gasteiger partial charge on any atom is 0.253 e. The number of H-pyrrole nitrogens is 1. The van der Waals surface area contributed by atoms with Crippen molar-refractivity contribution in [1.82, 2.24) is 30.5 Å². The molecule has 0 saturated carbocycles. The summed E-state index contributed by atoms with van der Waals surface area (Å²) in [5.74, 6) is 0.218. The van der Waals surface area contributed by atoms with E-state index in [-0.39, 0.29) is 23.9 Å². The Balaban J connectivity index is 1.53. The van der Waals surface area contributed by atoms with Crippen molar-refractivity contribution in [3.8, 4) is 11.4 Å². The molecule has 4 N–H and O–H groups in total. The quantitative estimate of drug-likeness (QED) is 0.548. The summed E-state index contributed by atoms with van der Waals surface area (Å²) in [6, 6.07) is 3.54. The molecule has 9 nitrogen and oxygen atoms in total. The van der Waals surface area contributed by atoms with Crippen LogP contribution in [0.4, 0.5) is 5.95 Å². The zero-order chi connectivity index (χ0) is 19.7. The smallest absolute Gasteiger partial charge is 0.253 e. The average molecular weight is 381 g/mol. The molecule has 1 fully saturated rings. The molecule has 4 rings (SSSR count). The van der Waals surface area contributed by atoms with Crippen LogP contribution in [0, 0.1) is 0 Å². The summed E-state index contributed by atoms with van der Waals surface area (Å²) in [4.78, 5) is 38.0. The van der Waals surface area contributed by atoms with E-state index in [1.807, 2.05) is 13.1 Å². The molecule has 4 heterocycles. The third-order valence-corrected chi connectivity index (χ3v) is 5.07. The van der Waals surface area contributed by atoms with Crippen LogP contribution in [-0.4, -0.2) is 70.4 Å². The number of nitrogens with one attached hydrogen (secondary N) is 4. The fourth-order valence-corrected chi connectivity index (χ4v) is 3.71. The molecule has 2 amide bonds. The van der Waals surface area contributed by atoms with E-state index in [9.17, 15) is 9.59 Å². The highest BCUT2D eigenvalue weighted by molar-refractivity contribution is 5.97. The molecule has 2 aliphatic rings. The number of hydrogen-bond acceptors (Lipinski definition) is 6. The fraction of sp³-hybridized carbons (Fsp3) is 0.368. The molecule has 0 aliphatic carbocycles. The summed E-state index contributed by atoms with van der Waals surface area (Å²) >= 11 is 0. The second-order valence-corrected chi connectivity index (χ2v) is 7.14. The Kier molecular flexibility index (Phi) is 4.82. The lowest BCUT2D eigenvalue weighted by Crippen LogP contribution is -2.45. The maximum absolute atomic E-state index is 12.0. The highest BCUT2D eigenvalue weighted by Gasteiger charge is 2.32. The Bertz CT molecular complexity index is 923. The molecule has 2 aromatic rings. The predicted molar refractivity (Wildman–Crippen MR) is 105 cm³/mol. The topological polar surface area (TPSA) is 115 Å². The van der Waals surface area contributed by atoms with Crippen molar-refractivity contribution in [3.63, 3.8) is 0 Å². The van der Waals surface area contributed by atoms with Gasteiger partial charge in [0, 0.05) is 37.9 Å². The van der Waals surface area contributed by atoms with Gasteiger partial charge in [-0.2, -0.15) is 0 Å². The van der Waals surface area contributed by atoms with E-state index in [4.69, 9.17) is 0 Å². The summed E-state index contributed by atoms with van der Waals surface area (Å²) in [7, 11) is 2.00. The van der Waals surface area contributed by atoms with Crippen LogP contribution in [0.2, 0.25) is 0 Å². The van der Waals surface area contributed by atoms with E-state index in [0.29, 0.717) is 23.8 Å². The van der Waals surface area contributed by atoms with Gasteiger partial charge in [0.1, 0.15) is 0 Å². The van der Waals surface area contributed by atoms with Crippen LogP contribution >= 0.6 is 0 Å². The second kappa shape index (κ2) is 7.43. The van der Waals surface area contributed by atoms with Crippen molar-refractivity contribution < 1.29 is 9.59 Å². The van der Waals surface area contributed by atoms with Crippen molar-refractivity contribution in [1.29, 1.82) is 0 Å². The largest absolute Gasteiger partial charge is 0.356 e. The van der Waals surface area contributed by atoms with Crippen LogP contribution in [0.5, 0.6) is 0 Å². The number of fused-ring (bicyclic) bond motifs is 1. The van der Waals surface area contributed by atoms with Gasteiger partial charge in [0.15, 0.2) is 0 Å². The number of likely N-dealkylation sites (tertiary alicyclic amines) is 1. The van der Waals surface area contributed by atoms with Crippen LogP contribution in [-0.2, 0) is 11.2 Å². The minimum Gasteiger partial charge on any atom is -0.356 e. The van der Waals surface area contributed by atoms with Crippen LogP contribution in [0.15, 0.2) is 31.0 Å². The zero-order valence-corrected chi connectivity index (χ0v) is 15.7. The maximum atomic E-state index is 12.0. The van der Waals surface area contributed by atoms with Crippen molar-refractivity contribution in [2.75, 3.05) is 32.0 Å². The molecule has 2 atom stereocenters. The lowest BCUT2D eigenvalue weighted by Gasteiger charge is -2.20. The van der Waals surface area contributed by atoms with E-state index in [1.54, 1.807) is 12.3 Å². The molecular weight excluding hydrogens is 358 g/mol. The molecule has 0 spiro atoms. The van der Waals surface area contributed by atoms with Crippen LogP contribution in [0.1, 0.15) is 16.1 Å². The van der Waals surface area contributed by atoms with Gasteiger partial charge in [0.2, 0.25) is 11.9 Å². The van der Waals surface area contributed by atoms with E-state index >= 15 is 0 Å². The lowest BCUT2D eigenvalue weighted by atomic mass is 10.1. The fourth-order valence-electron chi connectivity index (χ4n) is 3.71. The van der Waals surface area contributed by atoms with Crippen molar-refractivity contribution in [2.45, 2.75) is 18.5 Å². The summed E-state index contributed by atoms with van der Waals surface area (Å²) in [5, 5.41) is 9.11. The van der Waals surface area contributed by atoms with Gasteiger partial charge in [-0.05, 0) is 25.3 Å². The highest BCUT2D eigenvalue weighted by Crippen LogP contribution is 2.23. The Labute approximate surface area is 162 Å². The number of nitrogens with zero attached hydrogens (tertiary/aromatic N) is 3. The molecule has 2 aromatic heterocycles. The highest BCUT2D eigenvalue weighted by atomic mass is 16.2. The first kappa shape index (κ1) is 18.2. The van der Waals surface area contributed by atoms with Crippen molar-refractivity contribution in [2.24, 2.45) is 0 Å². The lowest BCUT2D eigenvalue weighted by molar-refractivity contribution is -0.117. The first-order valence-electron chi connectivity index (χ1n) is 9.25. The number of carbonyl (C=O) groups excluding carboxylic acids is 2. The predicted octanol–water partition coefficient (Wildman–Crippen LogP) is 0.154. The van der Waals surface area contributed by atoms with Crippen molar-refractivity contribution >= 4 is 17.8 Å². The number of carbonyl (C=O) groups is 2. The van der Waals surface area contributed by atoms with E-state index in [2.05, 4.69) is 42.4 Å². The van der Waals surface area contributed by atoms with Gasteiger partial charge in [-0.25, -0.2) is 9.97 Å². The van der Waals surface area contributed by atoms with Gasteiger partial charge in [-0.1, -0.05) is 6.58 Å². The monoisotopic (exact) mass is 381 g/mol. The van der Waals surface area contributed by atoms with Crippen LogP contribution < -0.4 is 16.0 Å². The Morgan fingerprint density at radius 3 is 3.00 bits per heavy atom. The number of rotatable bonds is 5. The number of anilines is 1. The summed E-state index contributed by atoms with van der Waals surface area (Å²) in [5.41, 5.74) is 3.08. The molecule has 2 aliphatic heterocycles. The zero-order valence-electron chi connectivity index (χ0n) is 15.7. The van der Waals surface area contributed by atoms with Gasteiger partial charge in [0.25, 0.3) is 5.91 Å². The standard InChI is InChI=1S/C19H23N7O2/c1-3-17(27)23-15-9-26(2)10-16(15)25-19-21-7-5-13(24-19)14-8-11-12(22-14)4-6-20-18(11)28/h3,5,7-8,15-16,22H,1,4,6,9-10H2,2H3,(H,20,28)(H,23,27)(H,21,24,25)/t15-,16+/m1/s1. The first-order chi connectivity index (χ1) is 13.5. The minimum absolute atomic E-state index is 0.0215. The minimum atomic E-state index is -0.197. The normalized spacial score (nSPS) is 21.7. The van der Waals surface area contributed by atoms with Gasteiger partial charge < -0.3 is 25.8 Å². The molecule has 0 aromatic carbocycles. The third-order valence-electron chi connectivity index (χ3n) is 5.07. The number of aromatic amines is 1. The Morgan fingerprint density at radius 2 is 2.21 bits per heavy atom. The van der Waals surface area contributed by atoms with E-state index in [1.165, 1.54) is 6.08 Å². The molecule has 9 heteroatoms. The van der Waals surface area contributed by atoms with Gasteiger partial charge >= 0.3 is 0 Å². The second-order valence-electron chi connectivity index (χ2n) is 7.14. The van der Waals surface area contributed by atoms with E-state index in [0.717, 1.165) is 30.9 Å². The molecule has 28 heavy (non-hydrogen) atoms. The van der Waals surface area contributed by atoms with Gasteiger partial charge in [-0.3, -0.25) is 9.59 Å². The van der Waals surface area contributed by atoms with E-state index < -0.39 is 0 Å². The first-order valence-corrected chi connectivity index (χ1v) is 9.25. The Hall–Kier alpha value is -3.20. The van der Waals surface area contributed by atoms with Crippen LogP contribution in [0.3, 0.4) is 0 Å². The number of likely N-dealkylation sites (N-methyl/N-ethyl adjacent to an activating group) is 1. The third kappa shape index (κ3) is 3.61. The summed E-state index contributed by atoms with van der Waals surface area (Å²) in [6.07, 6.45) is 3.73. The summed E-state index contributed by atoms with van der Waals surface area (Å²) in [6.45, 7) is 5.63.